The molecule has 176 valence electrons. The van der Waals surface area contributed by atoms with E-state index in [-0.39, 0.29) is 23.5 Å². The molecule has 3 N–H and O–H groups in total. The van der Waals surface area contributed by atoms with Crippen LogP contribution in [0.4, 0.5) is 5.82 Å². The van der Waals surface area contributed by atoms with Crippen LogP contribution in [0.15, 0.2) is 41.8 Å². The van der Waals surface area contributed by atoms with Crippen molar-refractivity contribution < 1.29 is 14.7 Å². The van der Waals surface area contributed by atoms with Gasteiger partial charge in [0.05, 0.1) is 0 Å². The van der Waals surface area contributed by atoms with Crippen LogP contribution in [0.2, 0.25) is 0 Å². The number of likely N-dealkylation sites (tertiary alicyclic amines) is 2. The molecule has 1 amide bonds. The zero-order chi connectivity index (χ0) is 23.2. The van der Waals surface area contributed by atoms with Crippen LogP contribution in [0.1, 0.15) is 36.9 Å². The molecule has 2 fully saturated rings. The zero-order valence-electron chi connectivity index (χ0n) is 19.1. The van der Waals surface area contributed by atoms with Gasteiger partial charge in [-0.3, -0.25) is 14.7 Å². The van der Waals surface area contributed by atoms with Crippen LogP contribution in [0.5, 0.6) is 5.75 Å². The Labute approximate surface area is 194 Å². The van der Waals surface area contributed by atoms with Gasteiger partial charge in [-0.2, -0.15) is 0 Å². The average Bonchev–Trinajstić information content (AvgIpc) is 2.83. The van der Waals surface area contributed by atoms with E-state index in [4.69, 9.17) is 10.6 Å². The Morgan fingerprint density at radius 2 is 1.85 bits per heavy atom. The maximum Gasteiger partial charge on any atom is 0.225 e. The lowest BCUT2D eigenvalue weighted by molar-refractivity contribution is -0.138. The number of nitrogens with zero attached hydrogens (tertiary/aromatic N) is 5. The van der Waals surface area contributed by atoms with Gasteiger partial charge in [0.15, 0.2) is 0 Å². The van der Waals surface area contributed by atoms with Gasteiger partial charge in [-0.15, -0.1) is 0 Å². The number of hydrogen-bond acceptors (Lipinski definition) is 8. The summed E-state index contributed by atoms with van der Waals surface area (Å²) in [7, 11) is 1.49. The first-order valence-electron chi connectivity index (χ1n) is 11.5. The molecule has 0 bridgehead atoms. The van der Waals surface area contributed by atoms with E-state index in [0.29, 0.717) is 30.3 Å². The third-order valence-electron chi connectivity index (χ3n) is 6.60. The first kappa shape index (κ1) is 23.0. The number of anilines is 1. The molecule has 4 heterocycles. The summed E-state index contributed by atoms with van der Waals surface area (Å²) in [5.74, 6) is 1.05. The maximum atomic E-state index is 13.2. The first-order chi connectivity index (χ1) is 16.0. The lowest BCUT2D eigenvalue weighted by Crippen LogP contribution is -2.46. The number of nitrogen functional groups attached to an aromatic ring is 1. The number of carbonyl (C=O) groups excluding carboxylic acids is 1. The van der Waals surface area contributed by atoms with E-state index in [2.05, 4.69) is 20.0 Å². The Morgan fingerprint density at radius 3 is 2.52 bits per heavy atom. The molecule has 0 radical (unpaired) electrons. The van der Waals surface area contributed by atoms with Crippen molar-refractivity contribution >= 4 is 17.4 Å². The SMILES string of the molecule is CO/N=C(/c1ncccc1O)C1CCN(C(=O)C2CCN(Cc3ccnc(N)c3)CC2)CC1. The largest absolute Gasteiger partial charge is 0.506 e. The Morgan fingerprint density at radius 1 is 1.12 bits per heavy atom. The van der Waals surface area contributed by atoms with Crippen LogP contribution in [0, 0.1) is 11.8 Å². The molecule has 9 heteroatoms. The van der Waals surface area contributed by atoms with Crippen molar-refractivity contribution in [3.63, 3.8) is 0 Å². The predicted molar refractivity (Wildman–Crippen MR) is 125 cm³/mol. The molecule has 9 nitrogen and oxygen atoms in total. The molecule has 2 aromatic heterocycles. The minimum Gasteiger partial charge on any atom is -0.506 e. The number of aromatic nitrogens is 2. The number of pyridine rings is 2. The van der Waals surface area contributed by atoms with E-state index in [1.807, 2.05) is 17.0 Å². The summed E-state index contributed by atoms with van der Waals surface area (Å²) in [6.45, 7) is 3.99. The topological polar surface area (TPSA) is 117 Å². The molecule has 33 heavy (non-hydrogen) atoms. The van der Waals surface area contributed by atoms with Crippen LogP contribution in [-0.4, -0.2) is 69.8 Å². The molecule has 2 saturated heterocycles. The third-order valence-corrected chi connectivity index (χ3v) is 6.60. The van der Waals surface area contributed by atoms with E-state index < -0.39 is 0 Å². The Bertz CT molecular complexity index is 982. The third kappa shape index (κ3) is 5.60. The number of carbonyl (C=O) groups is 1. The van der Waals surface area contributed by atoms with E-state index >= 15 is 0 Å². The minimum absolute atomic E-state index is 0.0762. The quantitative estimate of drug-likeness (QED) is 0.510. The highest BCUT2D eigenvalue weighted by Crippen LogP contribution is 2.28. The van der Waals surface area contributed by atoms with Gasteiger partial charge < -0.3 is 20.6 Å². The smallest absolute Gasteiger partial charge is 0.225 e. The minimum atomic E-state index is 0.0762. The molecule has 0 aromatic carbocycles. The van der Waals surface area contributed by atoms with Crippen molar-refractivity contribution in [1.82, 2.24) is 19.8 Å². The summed E-state index contributed by atoms with van der Waals surface area (Å²) in [5.41, 5.74) is 8.04. The highest BCUT2D eigenvalue weighted by Gasteiger charge is 2.33. The Balaban J connectivity index is 1.29. The summed E-state index contributed by atoms with van der Waals surface area (Å²) >= 11 is 0. The maximum absolute atomic E-state index is 13.2. The van der Waals surface area contributed by atoms with Crippen molar-refractivity contribution in [2.75, 3.05) is 39.0 Å². The monoisotopic (exact) mass is 452 g/mol. The van der Waals surface area contributed by atoms with E-state index in [1.165, 1.54) is 7.11 Å². The fraction of sp³-hybridized carbons (Fsp3) is 0.500. The summed E-state index contributed by atoms with van der Waals surface area (Å²) in [6.07, 6.45) is 6.66. The number of hydrogen-bond donors (Lipinski definition) is 2. The summed E-state index contributed by atoms with van der Waals surface area (Å²) in [6, 6.07) is 7.18. The van der Waals surface area contributed by atoms with E-state index in [9.17, 15) is 9.90 Å². The molecule has 0 atom stereocenters. The van der Waals surface area contributed by atoms with Gasteiger partial charge >= 0.3 is 0 Å². The second-order valence-corrected chi connectivity index (χ2v) is 8.77. The second kappa shape index (κ2) is 10.6. The van der Waals surface area contributed by atoms with Gasteiger partial charge in [-0.05, 0) is 68.6 Å². The predicted octanol–water partition coefficient (Wildman–Crippen LogP) is 2.27. The molecule has 2 aliphatic rings. The van der Waals surface area contributed by atoms with Gasteiger partial charge in [0, 0.05) is 43.9 Å². The number of piperidine rings is 2. The highest BCUT2D eigenvalue weighted by molar-refractivity contribution is 6.02. The summed E-state index contributed by atoms with van der Waals surface area (Å²) in [4.78, 5) is 30.9. The molecule has 0 saturated carbocycles. The van der Waals surface area contributed by atoms with Gasteiger partial charge in [0.2, 0.25) is 5.91 Å². The van der Waals surface area contributed by atoms with Crippen LogP contribution in [0.3, 0.4) is 0 Å². The fourth-order valence-corrected chi connectivity index (χ4v) is 4.82. The van der Waals surface area contributed by atoms with E-state index in [1.54, 1.807) is 24.5 Å². The Hall–Kier alpha value is -3.20. The van der Waals surface area contributed by atoms with Crippen LogP contribution < -0.4 is 5.73 Å². The lowest BCUT2D eigenvalue weighted by atomic mass is 9.88. The lowest BCUT2D eigenvalue weighted by Gasteiger charge is -2.37. The molecular weight excluding hydrogens is 420 g/mol. The molecular formula is C24H32N6O3. The number of aromatic hydroxyl groups is 1. The molecule has 4 rings (SSSR count). The standard InChI is InChI=1S/C24H32N6O3/c1-33-28-22(23-20(31)3-2-9-27-23)18-7-13-30(14-8-18)24(32)19-5-11-29(12-6-19)16-17-4-10-26-21(25)15-17/h2-4,9-10,15,18-19,31H,5-8,11-14,16H2,1H3,(H2,25,26)/b28-22+. The van der Waals surface area contributed by atoms with Gasteiger partial charge in [-0.25, -0.2) is 4.98 Å². The van der Waals surface area contributed by atoms with Crippen LogP contribution in [0.25, 0.3) is 0 Å². The molecule has 0 aliphatic carbocycles. The molecule has 0 spiro atoms. The molecule has 2 aliphatic heterocycles. The van der Waals surface area contributed by atoms with Gasteiger partial charge in [0.1, 0.15) is 30.1 Å². The van der Waals surface area contributed by atoms with Crippen molar-refractivity contribution in [1.29, 1.82) is 0 Å². The van der Waals surface area contributed by atoms with Crippen molar-refractivity contribution in [2.24, 2.45) is 17.0 Å². The summed E-state index contributed by atoms with van der Waals surface area (Å²) in [5, 5.41) is 14.4. The first-order valence-corrected chi connectivity index (χ1v) is 11.5. The number of oxime groups is 1. The zero-order valence-corrected chi connectivity index (χ0v) is 19.1. The van der Waals surface area contributed by atoms with Crippen molar-refractivity contribution in [3.8, 4) is 5.75 Å². The number of nitrogens with two attached hydrogens (primary N) is 1. The number of amides is 1. The molecule has 0 unspecified atom stereocenters. The number of rotatable bonds is 6. The van der Waals surface area contributed by atoms with Crippen LogP contribution in [-0.2, 0) is 16.2 Å². The van der Waals surface area contributed by atoms with Crippen molar-refractivity contribution in [3.05, 3.63) is 47.9 Å². The fourth-order valence-electron chi connectivity index (χ4n) is 4.82. The van der Waals surface area contributed by atoms with E-state index in [0.717, 1.165) is 50.9 Å². The highest BCUT2D eigenvalue weighted by atomic mass is 16.6. The van der Waals surface area contributed by atoms with Crippen LogP contribution >= 0.6 is 0 Å². The Kier molecular flexibility index (Phi) is 7.39. The van der Waals surface area contributed by atoms with Crippen molar-refractivity contribution in [2.45, 2.75) is 32.2 Å². The van der Waals surface area contributed by atoms with Gasteiger partial charge in [0.25, 0.3) is 0 Å². The average molecular weight is 453 g/mol. The van der Waals surface area contributed by atoms with Gasteiger partial charge in [-0.1, -0.05) is 5.16 Å². The normalized spacial score (nSPS) is 18.9. The molecule has 2 aromatic rings. The summed E-state index contributed by atoms with van der Waals surface area (Å²) < 4.78 is 0. The second-order valence-electron chi connectivity index (χ2n) is 8.77.